The van der Waals surface area contributed by atoms with E-state index in [1.165, 1.54) is 0 Å². The summed E-state index contributed by atoms with van der Waals surface area (Å²) in [7, 11) is 0. The number of hydrogen-bond donors (Lipinski definition) is 0. The number of aromatic nitrogens is 2. The first-order chi connectivity index (χ1) is 8.20. The number of para-hydroxylation sites is 1. The van der Waals surface area contributed by atoms with Crippen LogP contribution in [0.5, 0.6) is 0 Å². The quantitative estimate of drug-likeness (QED) is 0.605. The third-order valence-corrected chi connectivity index (χ3v) is 4.99. The molecule has 0 unspecified atom stereocenters. The van der Waals surface area contributed by atoms with Gasteiger partial charge in [0.25, 0.3) is 0 Å². The molecule has 1 atom stereocenters. The predicted molar refractivity (Wildman–Crippen MR) is 77.9 cm³/mol. The zero-order chi connectivity index (χ0) is 12.3. The van der Waals surface area contributed by atoms with E-state index in [0.29, 0.717) is 5.25 Å². The molecule has 0 aliphatic carbocycles. The Morgan fingerprint density at radius 3 is 2.76 bits per heavy atom. The van der Waals surface area contributed by atoms with Gasteiger partial charge in [-0.1, -0.05) is 55.1 Å². The molecule has 0 fully saturated rings. The Morgan fingerprint density at radius 2 is 2.12 bits per heavy atom. The summed E-state index contributed by atoms with van der Waals surface area (Å²) in [4.78, 5) is 0. The number of hydrogen-bond acceptors (Lipinski definition) is 4. The highest BCUT2D eigenvalue weighted by Crippen LogP contribution is 2.28. The fourth-order valence-electron chi connectivity index (χ4n) is 1.30. The molecule has 0 saturated carbocycles. The van der Waals surface area contributed by atoms with Crippen LogP contribution in [0, 0.1) is 3.95 Å². The van der Waals surface area contributed by atoms with Gasteiger partial charge in [0, 0.05) is 5.25 Å². The van der Waals surface area contributed by atoms with Crippen molar-refractivity contribution in [1.82, 2.24) is 9.78 Å². The SMILES string of the molecule is CC[C@H](C)Sc1nn(-c2ccccc2)c(=S)s1. The Morgan fingerprint density at radius 1 is 1.41 bits per heavy atom. The first-order valence-corrected chi connectivity index (χ1v) is 7.63. The molecule has 1 aromatic carbocycles. The van der Waals surface area contributed by atoms with Gasteiger partial charge in [0.05, 0.1) is 5.69 Å². The lowest BCUT2D eigenvalue weighted by Crippen LogP contribution is -1.97. The standard InChI is InChI=1S/C12H14N2S3/c1-3-9(2)16-11-13-14(12(15)17-11)10-7-5-4-6-8-10/h4-9H,3H2,1-2H3/t9-/m0/s1. The first-order valence-electron chi connectivity index (χ1n) is 5.53. The minimum absolute atomic E-state index is 0.583. The van der Waals surface area contributed by atoms with E-state index >= 15 is 0 Å². The lowest BCUT2D eigenvalue weighted by Gasteiger charge is -2.03. The van der Waals surface area contributed by atoms with Gasteiger partial charge in [-0.25, -0.2) is 4.68 Å². The van der Waals surface area contributed by atoms with Crippen LogP contribution in [0.2, 0.25) is 0 Å². The van der Waals surface area contributed by atoms with E-state index in [2.05, 4.69) is 18.9 Å². The average Bonchev–Trinajstić information content (AvgIpc) is 2.71. The van der Waals surface area contributed by atoms with E-state index in [1.807, 2.05) is 35.0 Å². The van der Waals surface area contributed by atoms with E-state index in [0.717, 1.165) is 20.4 Å². The molecule has 0 aliphatic heterocycles. The van der Waals surface area contributed by atoms with Gasteiger partial charge in [0.15, 0.2) is 8.29 Å². The molecule has 2 rings (SSSR count). The average molecular weight is 282 g/mol. The van der Waals surface area contributed by atoms with E-state index in [-0.39, 0.29) is 0 Å². The van der Waals surface area contributed by atoms with E-state index in [1.54, 1.807) is 23.1 Å². The van der Waals surface area contributed by atoms with Crippen molar-refractivity contribution in [3.63, 3.8) is 0 Å². The summed E-state index contributed by atoms with van der Waals surface area (Å²) in [5.41, 5.74) is 1.03. The van der Waals surface area contributed by atoms with Crippen LogP contribution >= 0.6 is 35.3 Å². The summed E-state index contributed by atoms with van der Waals surface area (Å²) in [6.07, 6.45) is 1.14. The third-order valence-electron chi connectivity index (χ3n) is 2.41. The molecule has 5 heteroatoms. The summed E-state index contributed by atoms with van der Waals surface area (Å²) >= 11 is 8.73. The molecule has 0 radical (unpaired) electrons. The largest absolute Gasteiger partial charge is 0.211 e. The molecule has 1 aromatic heterocycles. The molecule has 0 amide bonds. The Labute approximate surface area is 115 Å². The number of benzene rings is 1. The summed E-state index contributed by atoms with van der Waals surface area (Å²) < 4.78 is 3.69. The van der Waals surface area contributed by atoms with Crippen LogP contribution in [-0.2, 0) is 0 Å². The fourth-order valence-corrected chi connectivity index (χ4v) is 3.90. The van der Waals surface area contributed by atoms with Gasteiger partial charge < -0.3 is 0 Å². The molecular weight excluding hydrogens is 268 g/mol. The van der Waals surface area contributed by atoms with Gasteiger partial charge in [0.2, 0.25) is 0 Å². The Bertz CT molecular complexity index is 530. The monoisotopic (exact) mass is 282 g/mol. The molecular formula is C12H14N2S3. The van der Waals surface area contributed by atoms with Crippen LogP contribution < -0.4 is 0 Å². The van der Waals surface area contributed by atoms with Gasteiger partial charge >= 0.3 is 0 Å². The normalized spacial score (nSPS) is 12.6. The molecule has 2 aromatic rings. The Balaban J connectivity index is 2.29. The van der Waals surface area contributed by atoms with Crippen LogP contribution in [0.25, 0.3) is 5.69 Å². The second-order valence-electron chi connectivity index (χ2n) is 3.72. The highest BCUT2D eigenvalue weighted by atomic mass is 32.2. The zero-order valence-corrected chi connectivity index (χ0v) is 12.2. The number of rotatable bonds is 4. The maximum Gasteiger partial charge on any atom is 0.184 e. The Kier molecular flexibility index (Phi) is 4.36. The van der Waals surface area contributed by atoms with Crippen molar-refractivity contribution >= 4 is 35.3 Å². The van der Waals surface area contributed by atoms with Crippen molar-refractivity contribution in [2.24, 2.45) is 0 Å². The fraction of sp³-hybridized carbons (Fsp3) is 0.333. The summed E-state index contributed by atoms with van der Waals surface area (Å²) in [6.45, 7) is 4.40. The second kappa shape index (κ2) is 5.80. The van der Waals surface area contributed by atoms with E-state index < -0.39 is 0 Å². The van der Waals surface area contributed by atoms with Crippen molar-refractivity contribution in [3.8, 4) is 5.69 Å². The summed E-state index contributed by atoms with van der Waals surface area (Å²) in [6, 6.07) is 10.0. The molecule has 90 valence electrons. The van der Waals surface area contributed by atoms with Crippen LogP contribution in [0.15, 0.2) is 34.7 Å². The van der Waals surface area contributed by atoms with Crippen LogP contribution in [0.4, 0.5) is 0 Å². The summed E-state index contributed by atoms with van der Waals surface area (Å²) in [5.74, 6) is 0. The first kappa shape index (κ1) is 12.8. The minimum atomic E-state index is 0.583. The number of thioether (sulfide) groups is 1. The van der Waals surface area contributed by atoms with Crippen LogP contribution in [0.3, 0.4) is 0 Å². The molecule has 0 N–H and O–H groups in total. The van der Waals surface area contributed by atoms with Gasteiger partial charge in [-0.3, -0.25) is 0 Å². The lowest BCUT2D eigenvalue weighted by molar-refractivity contribution is 0.824. The number of nitrogens with zero attached hydrogens (tertiary/aromatic N) is 2. The highest BCUT2D eigenvalue weighted by Gasteiger charge is 2.09. The molecule has 0 bridgehead atoms. The van der Waals surface area contributed by atoms with Crippen LogP contribution in [0.1, 0.15) is 20.3 Å². The smallest absolute Gasteiger partial charge is 0.184 e. The zero-order valence-electron chi connectivity index (χ0n) is 9.79. The molecule has 0 spiro atoms. The third kappa shape index (κ3) is 3.18. The van der Waals surface area contributed by atoms with E-state index in [4.69, 9.17) is 12.2 Å². The maximum absolute atomic E-state index is 5.35. The predicted octanol–water partition coefficient (Wildman–Crippen LogP) is 4.55. The van der Waals surface area contributed by atoms with Gasteiger partial charge in [0.1, 0.15) is 0 Å². The maximum atomic E-state index is 5.35. The summed E-state index contributed by atoms with van der Waals surface area (Å²) in [5, 5.41) is 5.15. The molecule has 1 heterocycles. The molecule has 17 heavy (non-hydrogen) atoms. The van der Waals surface area contributed by atoms with Gasteiger partial charge in [-0.15, -0.1) is 5.10 Å². The minimum Gasteiger partial charge on any atom is -0.211 e. The Hall–Kier alpha value is -0.650. The highest BCUT2D eigenvalue weighted by molar-refractivity contribution is 8.01. The molecule has 0 saturated heterocycles. The second-order valence-corrected chi connectivity index (χ2v) is 7.03. The van der Waals surface area contributed by atoms with Crippen molar-refractivity contribution in [3.05, 3.63) is 34.3 Å². The van der Waals surface area contributed by atoms with Crippen molar-refractivity contribution in [2.45, 2.75) is 29.9 Å². The molecule has 2 nitrogen and oxygen atoms in total. The molecule has 0 aliphatic rings. The van der Waals surface area contributed by atoms with Gasteiger partial charge in [-0.2, -0.15) is 0 Å². The van der Waals surface area contributed by atoms with Crippen molar-refractivity contribution in [2.75, 3.05) is 0 Å². The van der Waals surface area contributed by atoms with Crippen molar-refractivity contribution < 1.29 is 0 Å². The van der Waals surface area contributed by atoms with Crippen molar-refractivity contribution in [1.29, 1.82) is 0 Å². The van der Waals surface area contributed by atoms with Gasteiger partial charge in [-0.05, 0) is 30.8 Å². The van der Waals surface area contributed by atoms with E-state index in [9.17, 15) is 0 Å². The van der Waals surface area contributed by atoms with Crippen LogP contribution in [-0.4, -0.2) is 15.0 Å². The lowest BCUT2D eigenvalue weighted by atomic mass is 10.3. The topological polar surface area (TPSA) is 17.8 Å².